The molecule has 4 nitrogen and oxygen atoms in total. The van der Waals surface area contributed by atoms with Crippen molar-refractivity contribution in [3.05, 3.63) is 35.4 Å². The molecule has 1 aliphatic heterocycles. The minimum Gasteiger partial charge on any atom is -0.478 e. The summed E-state index contributed by atoms with van der Waals surface area (Å²) in [7, 11) is 0. The highest BCUT2D eigenvalue weighted by Gasteiger charge is 2.63. The number of nitrogens with one attached hydrogen (secondary N) is 1. The van der Waals surface area contributed by atoms with E-state index < -0.39 is 29.6 Å². The van der Waals surface area contributed by atoms with Crippen LogP contribution < -0.4 is 5.32 Å². The maximum absolute atomic E-state index is 11.7. The summed E-state index contributed by atoms with van der Waals surface area (Å²) in [5.74, 6) is -3.49. The van der Waals surface area contributed by atoms with Gasteiger partial charge in [-0.25, -0.2) is 4.79 Å². The van der Waals surface area contributed by atoms with Gasteiger partial charge in [-0.3, -0.25) is 4.79 Å². The minimum absolute atomic E-state index is 0.0642. The number of piperidine rings is 1. The molecule has 16 heavy (non-hydrogen) atoms. The number of carbonyl (C=O) groups is 2. The Morgan fingerprint density at radius 2 is 2.25 bits per heavy atom. The van der Waals surface area contributed by atoms with Gasteiger partial charge in [0.15, 0.2) is 0 Å². The fourth-order valence-corrected chi connectivity index (χ4v) is 2.08. The monoisotopic (exact) mass is 220 g/mol. The number of carboxylic acids is 1. The molecule has 2 aliphatic rings. The van der Waals surface area contributed by atoms with Gasteiger partial charge in [0.1, 0.15) is 0 Å². The molecule has 2 fully saturated rings. The van der Waals surface area contributed by atoms with Crippen LogP contribution in [0.5, 0.6) is 0 Å². The number of benzene rings is 1. The van der Waals surface area contributed by atoms with Crippen LogP contribution in [0.1, 0.15) is 26.4 Å². The SMILES string of the molecule is [2H]C1([2H])[C@@]2([2H])C(=O)NC[C@@]12c1ccc(C(=O)O)cc1. The number of carbonyl (C=O) groups excluding carboxylic acids is 1. The summed E-state index contributed by atoms with van der Waals surface area (Å²) in [5, 5.41) is 11.3. The summed E-state index contributed by atoms with van der Waals surface area (Å²) in [6, 6.07) is 5.70. The van der Waals surface area contributed by atoms with Crippen molar-refractivity contribution in [1.82, 2.24) is 5.32 Å². The molecule has 1 aromatic carbocycles. The quantitative estimate of drug-likeness (QED) is 0.773. The molecule has 2 atom stereocenters. The molecule has 0 spiro atoms. The zero-order valence-electron chi connectivity index (χ0n) is 11.3. The van der Waals surface area contributed by atoms with E-state index >= 15 is 0 Å². The van der Waals surface area contributed by atoms with Crippen LogP contribution in [-0.2, 0) is 10.2 Å². The summed E-state index contributed by atoms with van der Waals surface area (Å²) in [4.78, 5) is 22.5. The Kier molecular flexibility index (Phi) is 1.19. The Morgan fingerprint density at radius 3 is 2.75 bits per heavy atom. The number of fused-ring (bicyclic) bond motifs is 1. The first kappa shape index (κ1) is 6.68. The van der Waals surface area contributed by atoms with Crippen LogP contribution in [0.2, 0.25) is 0 Å². The summed E-state index contributed by atoms with van der Waals surface area (Å²) < 4.78 is 23.9. The number of rotatable bonds is 2. The van der Waals surface area contributed by atoms with Crippen molar-refractivity contribution in [1.29, 1.82) is 0 Å². The third-order valence-electron chi connectivity index (χ3n) is 3.07. The normalized spacial score (nSPS) is 41.2. The average molecular weight is 220 g/mol. The first-order chi connectivity index (χ1) is 8.79. The first-order valence-electron chi connectivity index (χ1n) is 6.41. The van der Waals surface area contributed by atoms with E-state index in [1.807, 2.05) is 0 Å². The highest BCUT2D eigenvalue weighted by Crippen LogP contribution is 2.56. The molecule has 1 saturated heterocycles. The fraction of sp³-hybridized carbons (Fsp3) is 0.333. The van der Waals surface area contributed by atoms with Gasteiger partial charge in [0, 0.05) is 16.1 Å². The highest BCUT2D eigenvalue weighted by atomic mass is 16.4. The smallest absolute Gasteiger partial charge is 0.335 e. The molecular formula is C12H11NO3. The predicted octanol–water partition coefficient (Wildman–Crippen LogP) is 0.772. The lowest BCUT2D eigenvalue weighted by Gasteiger charge is -2.11. The second kappa shape index (κ2) is 2.84. The lowest BCUT2D eigenvalue weighted by Crippen LogP contribution is -2.22. The Hall–Kier alpha value is -1.84. The van der Waals surface area contributed by atoms with Crippen LogP contribution in [-0.4, -0.2) is 23.5 Å². The number of carboxylic acid groups (broad SMARTS) is 1. The highest BCUT2D eigenvalue weighted by molar-refractivity contribution is 5.89. The average Bonchev–Trinajstić information content (AvgIpc) is 2.61. The first-order valence-corrected chi connectivity index (χ1v) is 4.91. The molecule has 0 aromatic heterocycles. The Balaban J connectivity index is 2.08. The van der Waals surface area contributed by atoms with Crippen molar-refractivity contribution < 1.29 is 18.8 Å². The van der Waals surface area contributed by atoms with E-state index in [9.17, 15) is 9.59 Å². The molecule has 4 heteroatoms. The molecule has 0 radical (unpaired) electrons. The van der Waals surface area contributed by atoms with Gasteiger partial charge in [-0.1, -0.05) is 12.1 Å². The zero-order chi connectivity index (χ0) is 14.1. The number of aromatic carboxylic acids is 1. The van der Waals surface area contributed by atoms with E-state index in [-0.39, 0.29) is 12.1 Å². The van der Waals surface area contributed by atoms with Gasteiger partial charge in [0.05, 0.1) is 11.5 Å². The van der Waals surface area contributed by atoms with Gasteiger partial charge >= 0.3 is 5.97 Å². The molecule has 0 bridgehead atoms. The summed E-state index contributed by atoms with van der Waals surface area (Å²) in [5.41, 5.74) is -0.640. The van der Waals surface area contributed by atoms with Crippen LogP contribution in [0.15, 0.2) is 24.3 Å². The topological polar surface area (TPSA) is 66.4 Å². The minimum atomic E-state index is -1.94. The second-order valence-electron chi connectivity index (χ2n) is 3.97. The van der Waals surface area contributed by atoms with E-state index in [1.54, 1.807) is 0 Å². The fourth-order valence-electron chi connectivity index (χ4n) is 2.08. The number of hydrogen-bond acceptors (Lipinski definition) is 2. The maximum Gasteiger partial charge on any atom is 0.335 e. The van der Waals surface area contributed by atoms with Gasteiger partial charge in [0.25, 0.3) is 0 Å². The Morgan fingerprint density at radius 1 is 1.56 bits per heavy atom. The third kappa shape index (κ3) is 1.10. The largest absolute Gasteiger partial charge is 0.478 e. The molecule has 1 aromatic rings. The zero-order valence-corrected chi connectivity index (χ0v) is 8.28. The number of amides is 1. The van der Waals surface area contributed by atoms with E-state index in [0.29, 0.717) is 5.56 Å². The molecule has 1 amide bonds. The van der Waals surface area contributed by atoms with Crippen molar-refractivity contribution in [2.75, 3.05) is 6.54 Å². The second-order valence-corrected chi connectivity index (χ2v) is 3.97. The van der Waals surface area contributed by atoms with E-state index in [1.165, 1.54) is 24.3 Å². The van der Waals surface area contributed by atoms with Crippen molar-refractivity contribution >= 4 is 11.9 Å². The van der Waals surface area contributed by atoms with Crippen LogP contribution >= 0.6 is 0 Å². The third-order valence-corrected chi connectivity index (χ3v) is 3.07. The van der Waals surface area contributed by atoms with Crippen LogP contribution in [0.25, 0.3) is 0 Å². The molecule has 0 unspecified atom stereocenters. The maximum atomic E-state index is 11.7. The van der Waals surface area contributed by atoms with Gasteiger partial charge in [0.2, 0.25) is 5.91 Å². The van der Waals surface area contributed by atoms with Crippen molar-refractivity contribution in [3.63, 3.8) is 0 Å². The van der Waals surface area contributed by atoms with Crippen LogP contribution in [0.3, 0.4) is 0 Å². The van der Waals surface area contributed by atoms with E-state index in [2.05, 4.69) is 5.32 Å². The van der Waals surface area contributed by atoms with Crippen molar-refractivity contribution in [3.8, 4) is 0 Å². The number of hydrogen-bond donors (Lipinski definition) is 2. The molecular weight excluding hydrogens is 206 g/mol. The predicted molar refractivity (Wildman–Crippen MR) is 56.2 cm³/mol. The van der Waals surface area contributed by atoms with Gasteiger partial charge in [-0.05, 0) is 24.1 Å². The van der Waals surface area contributed by atoms with Crippen molar-refractivity contribution in [2.24, 2.45) is 5.89 Å². The standard InChI is InChI=1S/C12H11NO3/c14-10-9-5-12(9,6-13-10)8-3-1-7(2-4-8)11(15)16/h1-4,9H,5-6H2,(H,13,14)(H,15,16)/t9-,12+/m0/s1/i5D2,9D. The molecule has 1 saturated carbocycles. The van der Waals surface area contributed by atoms with Crippen LogP contribution in [0, 0.1) is 5.89 Å². The summed E-state index contributed by atoms with van der Waals surface area (Å²) >= 11 is 0. The van der Waals surface area contributed by atoms with Gasteiger partial charge in [-0.2, -0.15) is 0 Å². The van der Waals surface area contributed by atoms with Crippen LogP contribution in [0.4, 0.5) is 0 Å². The molecule has 3 rings (SSSR count). The lowest BCUT2D eigenvalue weighted by molar-refractivity contribution is -0.120. The van der Waals surface area contributed by atoms with Gasteiger partial charge < -0.3 is 10.4 Å². The lowest BCUT2D eigenvalue weighted by atomic mass is 9.94. The molecule has 2 N–H and O–H groups in total. The van der Waals surface area contributed by atoms with Gasteiger partial charge in [-0.15, -0.1) is 0 Å². The molecule has 1 aliphatic carbocycles. The molecule has 1 heterocycles. The summed E-state index contributed by atoms with van der Waals surface area (Å²) in [6.45, 7) is 0.0642. The Labute approximate surface area is 96.5 Å². The Bertz CT molecular complexity index is 601. The summed E-state index contributed by atoms with van der Waals surface area (Å²) in [6.07, 6.45) is -1.94. The van der Waals surface area contributed by atoms with E-state index in [0.717, 1.165) is 0 Å². The van der Waals surface area contributed by atoms with E-state index in [4.69, 9.17) is 9.22 Å². The van der Waals surface area contributed by atoms with Crippen molar-refractivity contribution in [2.45, 2.75) is 11.8 Å². The molecule has 82 valence electrons.